The number of urea groups is 1. The standard InChI is InChI=1S/C30H40FN7O4/c1-35-14-7-20(8-15-35)37(3)29(41)34-26-19-23(6-13-33-26)42-22-4-5-25(24(31)18-22)38(21-9-16-36(2)17-10-21)28(40)30(11-12-30)27(32)39/h4-6,13,18-21H,7-12,14-17H2,1-3H3,(H2,32,39)(H,33,34,41). The number of hydrogen-bond donors (Lipinski definition) is 2. The fraction of sp³-hybridized carbons (Fsp3) is 0.533. The fourth-order valence-electron chi connectivity index (χ4n) is 5.82. The minimum atomic E-state index is -1.26. The van der Waals surface area contributed by atoms with Gasteiger partial charge < -0.3 is 30.1 Å². The highest BCUT2D eigenvalue weighted by Gasteiger charge is 2.58. The number of hydrogen-bond acceptors (Lipinski definition) is 7. The third kappa shape index (κ3) is 6.34. The number of carbonyl (C=O) groups is 3. The molecule has 0 radical (unpaired) electrons. The minimum Gasteiger partial charge on any atom is -0.457 e. The molecule has 1 saturated carbocycles. The van der Waals surface area contributed by atoms with Crippen molar-refractivity contribution in [1.29, 1.82) is 0 Å². The Morgan fingerprint density at radius 3 is 2.14 bits per heavy atom. The number of likely N-dealkylation sites (tertiary alicyclic amines) is 2. The first-order chi connectivity index (χ1) is 20.1. The van der Waals surface area contributed by atoms with Crippen molar-refractivity contribution in [2.24, 2.45) is 11.1 Å². The first kappa shape index (κ1) is 29.7. The van der Waals surface area contributed by atoms with Crippen LogP contribution in [0.2, 0.25) is 0 Å². The van der Waals surface area contributed by atoms with Gasteiger partial charge in [0.05, 0.1) is 5.69 Å². The topological polar surface area (TPSA) is 124 Å². The molecule has 226 valence electrons. The van der Waals surface area contributed by atoms with E-state index in [2.05, 4.69) is 27.1 Å². The van der Waals surface area contributed by atoms with Crippen LogP contribution in [0.25, 0.3) is 0 Å². The lowest BCUT2D eigenvalue weighted by molar-refractivity contribution is -0.134. The van der Waals surface area contributed by atoms with E-state index in [4.69, 9.17) is 10.5 Å². The van der Waals surface area contributed by atoms with Crippen molar-refractivity contribution in [2.45, 2.75) is 50.6 Å². The van der Waals surface area contributed by atoms with E-state index < -0.39 is 23.0 Å². The van der Waals surface area contributed by atoms with Crippen LogP contribution in [0.5, 0.6) is 11.5 Å². The zero-order chi connectivity index (χ0) is 30.0. The van der Waals surface area contributed by atoms with Gasteiger partial charge in [0, 0.05) is 37.5 Å². The van der Waals surface area contributed by atoms with E-state index in [1.807, 2.05) is 7.05 Å². The summed E-state index contributed by atoms with van der Waals surface area (Å²) in [6.45, 7) is 3.40. The summed E-state index contributed by atoms with van der Waals surface area (Å²) in [5, 5.41) is 2.82. The predicted molar refractivity (Wildman–Crippen MR) is 157 cm³/mol. The van der Waals surface area contributed by atoms with Crippen LogP contribution in [-0.2, 0) is 9.59 Å². The Morgan fingerprint density at radius 2 is 1.57 bits per heavy atom. The summed E-state index contributed by atoms with van der Waals surface area (Å²) < 4.78 is 21.6. The van der Waals surface area contributed by atoms with E-state index in [1.54, 1.807) is 30.1 Å². The van der Waals surface area contributed by atoms with Crippen LogP contribution in [0.3, 0.4) is 0 Å². The minimum absolute atomic E-state index is 0.106. The van der Waals surface area contributed by atoms with E-state index in [1.165, 1.54) is 23.2 Å². The number of halogens is 1. The van der Waals surface area contributed by atoms with Gasteiger partial charge >= 0.3 is 6.03 Å². The normalized spacial score (nSPS) is 19.6. The summed E-state index contributed by atoms with van der Waals surface area (Å²) in [5.41, 5.74) is 4.45. The van der Waals surface area contributed by atoms with Gasteiger partial charge in [-0.25, -0.2) is 14.2 Å². The summed E-state index contributed by atoms with van der Waals surface area (Å²) >= 11 is 0. The van der Waals surface area contributed by atoms with Crippen molar-refractivity contribution < 1.29 is 23.5 Å². The van der Waals surface area contributed by atoms with Crippen LogP contribution < -0.4 is 20.7 Å². The molecule has 3 aliphatic rings. The lowest BCUT2D eigenvalue weighted by atomic mass is 9.97. The number of anilines is 2. The van der Waals surface area contributed by atoms with E-state index in [0.717, 1.165) is 39.0 Å². The molecule has 3 N–H and O–H groups in total. The molecule has 2 aliphatic heterocycles. The number of primary amides is 1. The molecule has 0 unspecified atom stereocenters. The molecule has 1 aromatic heterocycles. The lowest BCUT2D eigenvalue weighted by Crippen LogP contribution is -2.52. The molecule has 11 nitrogen and oxygen atoms in total. The fourth-order valence-corrected chi connectivity index (χ4v) is 5.82. The van der Waals surface area contributed by atoms with Gasteiger partial charge in [-0.3, -0.25) is 14.9 Å². The molecule has 2 aromatic rings. The predicted octanol–water partition coefficient (Wildman–Crippen LogP) is 3.26. The van der Waals surface area contributed by atoms with Gasteiger partial charge in [0.2, 0.25) is 11.8 Å². The van der Waals surface area contributed by atoms with Crippen LogP contribution in [-0.4, -0.2) is 96.9 Å². The van der Waals surface area contributed by atoms with Gasteiger partial charge in [-0.2, -0.15) is 0 Å². The number of pyridine rings is 1. The molecule has 2 saturated heterocycles. The van der Waals surface area contributed by atoms with Crippen LogP contribution in [0.4, 0.5) is 20.7 Å². The molecule has 0 bridgehead atoms. The first-order valence-electron chi connectivity index (χ1n) is 14.6. The molecule has 5 rings (SSSR count). The Hall–Kier alpha value is -3.77. The van der Waals surface area contributed by atoms with Crippen molar-refractivity contribution in [2.75, 3.05) is 57.5 Å². The number of amides is 4. The van der Waals surface area contributed by atoms with Crippen LogP contribution in [0, 0.1) is 11.2 Å². The molecule has 0 atom stereocenters. The van der Waals surface area contributed by atoms with Gasteiger partial charge in [-0.05, 0) is 97.0 Å². The number of nitrogens with zero attached hydrogens (tertiary/aromatic N) is 5. The summed E-state index contributed by atoms with van der Waals surface area (Å²) in [7, 11) is 5.86. The summed E-state index contributed by atoms with van der Waals surface area (Å²) in [4.78, 5) is 50.4. The van der Waals surface area contributed by atoms with Crippen molar-refractivity contribution in [3.63, 3.8) is 0 Å². The molecular formula is C30H40FN7O4. The number of benzene rings is 1. The number of piperidine rings is 2. The largest absolute Gasteiger partial charge is 0.457 e. The van der Waals surface area contributed by atoms with Gasteiger partial charge in [-0.1, -0.05) is 0 Å². The van der Waals surface area contributed by atoms with Crippen molar-refractivity contribution in [3.8, 4) is 11.5 Å². The Balaban J connectivity index is 1.29. The molecule has 12 heteroatoms. The maximum atomic E-state index is 15.7. The molecule has 1 aromatic carbocycles. The highest BCUT2D eigenvalue weighted by atomic mass is 19.1. The van der Waals surface area contributed by atoms with Gasteiger partial charge in [0.25, 0.3) is 0 Å². The SMILES string of the molecule is CN1CCC(N(C)C(=O)Nc2cc(Oc3ccc(N(C(=O)C4(C(N)=O)CC4)C4CCN(C)CC4)c(F)c3)ccn2)CC1. The van der Waals surface area contributed by atoms with E-state index >= 15 is 4.39 Å². The van der Waals surface area contributed by atoms with E-state index in [9.17, 15) is 14.4 Å². The Labute approximate surface area is 245 Å². The molecule has 3 fully saturated rings. The monoisotopic (exact) mass is 581 g/mol. The first-order valence-corrected chi connectivity index (χ1v) is 14.6. The van der Waals surface area contributed by atoms with Crippen LogP contribution >= 0.6 is 0 Å². The smallest absolute Gasteiger partial charge is 0.323 e. The molecule has 3 heterocycles. The number of carbonyl (C=O) groups excluding carboxylic acids is 3. The maximum absolute atomic E-state index is 15.7. The Bertz CT molecular complexity index is 1320. The average Bonchev–Trinajstić information content (AvgIpc) is 3.78. The van der Waals surface area contributed by atoms with Crippen LogP contribution in [0.1, 0.15) is 38.5 Å². The zero-order valence-corrected chi connectivity index (χ0v) is 24.5. The second kappa shape index (κ2) is 12.2. The van der Waals surface area contributed by atoms with Gasteiger partial charge in [0.1, 0.15) is 22.7 Å². The second-order valence-corrected chi connectivity index (χ2v) is 11.8. The second-order valence-electron chi connectivity index (χ2n) is 11.8. The highest BCUT2D eigenvalue weighted by molar-refractivity contribution is 6.14. The van der Waals surface area contributed by atoms with Gasteiger partial charge in [0.15, 0.2) is 5.82 Å². The molecule has 1 aliphatic carbocycles. The highest BCUT2D eigenvalue weighted by Crippen LogP contribution is 2.48. The Morgan fingerprint density at radius 1 is 0.976 bits per heavy atom. The number of rotatable bonds is 8. The number of ether oxygens (including phenoxy) is 1. The number of aromatic nitrogens is 1. The summed E-state index contributed by atoms with van der Waals surface area (Å²) in [6.07, 6.45) is 5.39. The zero-order valence-electron chi connectivity index (χ0n) is 24.5. The van der Waals surface area contributed by atoms with Crippen molar-refractivity contribution in [1.82, 2.24) is 19.7 Å². The summed E-state index contributed by atoms with van der Waals surface area (Å²) in [6, 6.07) is 7.16. The van der Waals surface area contributed by atoms with Gasteiger partial charge in [-0.15, -0.1) is 0 Å². The average molecular weight is 582 g/mol. The van der Waals surface area contributed by atoms with E-state index in [0.29, 0.717) is 37.3 Å². The quantitative estimate of drug-likeness (QED) is 0.459. The molecule has 42 heavy (non-hydrogen) atoms. The molecular weight excluding hydrogens is 541 g/mol. The summed E-state index contributed by atoms with van der Waals surface area (Å²) in [5.74, 6) is -0.837. The lowest BCUT2D eigenvalue weighted by Gasteiger charge is -2.38. The van der Waals surface area contributed by atoms with Crippen molar-refractivity contribution >= 4 is 29.4 Å². The van der Waals surface area contributed by atoms with E-state index in [-0.39, 0.29) is 29.6 Å². The van der Waals surface area contributed by atoms with Crippen LogP contribution in [0.15, 0.2) is 36.5 Å². The third-order valence-corrected chi connectivity index (χ3v) is 8.84. The third-order valence-electron chi connectivity index (χ3n) is 8.84. The maximum Gasteiger partial charge on any atom is 0.323 e. The number of nitrogens with one attached hydrogen (secondary N) is 1. The Kier molecular flexibility index (Phi) is 8.65. The van der Waals surface area contributed by atoms with Crippen molar-refractivity contribution in [3.05, 3.63) is 42.3 Å². The number of nitrogens with two attached hydrogens (primary N) is 1. The molecule has 4 amide bonds. The molecule has 0 spiro atoms.